The first-order valence-electron chi connectivity index (χ1n) is 13.3. The van der Waals surface area contributed by atoms with Crippen molar-refractivity contribution in [2.24, 2.45) is 5.92 Å². The van der Waals surface area contributed by atoms with Crippen LogP contribution in [0.5, 0.6) is 5.75 Å². The molecule has 8 atom stereocenters. The van der Waals surface area contributed by atoms with Crippen molar-refractivity contribution in [3.63, 3.8) is 0 Å². The van der Waals surface area contributed by atoms with Crippen molar-refractivity contribution in [2.75, 3.05) is 4.90 Å². The van der Waals surface area contributed by atoms with Gasteiger partial charge in [0.2, 0.25) is 12.2 Å². The molecule has 2 unspecified atom stereocenters. The lowest BCUT2D eigenvalue weighted by Crippen LogP contribution is -2.61. The minimum Gasteiger partial charge on any atom is -0.479 e. The molecule has 2 aliphatic rings. The number of carbonyl (C=O) groups is 2. The Morgan fingerprint density at radius 3 is 2.07 bits per heavy atom. The first kappa shape index (κ1) is 29.5. The van der Waals surface area contributed by atoms with E-state index in [9.17, 15) is 43.9 Å². The molecule has 2 aliphatic heterocycles. The number of anilines is 1. The molecule has 5 N–H and O–H groups in total. The third kappa shape index (κ3) is 5.85. The molecule has 0 aromatic heterocycles. The quantitative estimate of drug-likeness (QED) is 0.238. The molecule has 1 amide bonds. The zero-order valence-corrected chi connectivity index (χ0v) is 22.0. The summed E-state index contributed by atoms with van der Waals surface area (Å²) < 4.78 is 37.6. The van der Waals surface area contributed by atoms with Gasteiger partial charge in [0.1, 0.15) is 35.7 Å². The van der Waals surface area contributed by atoms with Crippen LogP contribution in [0.3, 0.4) is 0 Å². The second kappa shape index (κ2) is 12.1. The molecular formula is C30H29F2NO9. The van der Waals surface area contributed by atoms with Crippen molar-refractivity contribution in [3.8, 4) is 5.75 Å². The summed E-state index contributed by atoms with van der Waals surface area (Å²) in [4.78, 5) is 26.2. The third-order valence-corrected chi connectivity index (χ3v) is 7.61. The number of amides is 1. The Hall–Kier alpha value is -3.94. The Kier molecular flexibility index (Phi) is 8.53. The van der Waals surface area contributed by atoms with Crippen LogP contribution >= 0.6 is 0 Å². The van der Waals surface area contributed by atoms with E-state index < -0.39 is 66.4 Å². The van der Waals surface area contributed by atoms with Gasteiger partial charge < -0.3 is 39.9 Å². The maximum atomic E-state index is 13.6. The molecule has 3 aromatic rings. The van der Waals surface area contributed by atoms with Gasteiger partial charge in [-0.3, -0.25) is 4.79 Å². The van der Waals surface area contributed by atoms with Crippen molar-refractivity contribution in [1.29, 1.82) is 0 Å². The van der Waals surface area contributed by atoms with E-state index in [1.165, 1.54) is 65.6 Å². The molecular weight excluding hydrogens is 556 g/mol. The van der Waals surface area contributed by atoms with Gasteiger partial charge in [0.15, 0.2) is 6.10 Å². The number of aliphatic carboxylic acids is 1. The summed E-state index contributed by atoms with van der Waals surface area (Å²) in [5.74, 6) is -3.03. The minimum atomic E-state index is -1.85. The number of ether oxygens (including phenoxy) is 2. The lowest BCUT2D eigenvalue weighted by atomic mass is 9.78. The number of carboxylic acids is 1. The van der Waals surface area contributed by atoms with Crippen molar-refractivity contribution in [1.82, 2.24) is 0 Å². The average molecular weight is 586 g/mol. The third-order valence-electron chi connectivity index (χ3n) is 7.61. The highest BCUT2D eigenvalue weighted by Crippen LogP contribution is 2.46. The number of halogens is 2. The van der Waals surface area contributed by atoms with E-state index >= 15 is 0 Å². The van der Waals surface area contributed by atoms with Crippen LogP contribution in [-0.4, -0.2) is 68.1 Å². The standard InChI is InChI=1S/C30H29F2NO9/c31-17-5-1-15(2-6-17)22(34)14-13-21-23(33(28(21)38)19-9-7-18(32)8-10-19)16-3-11-20(12-4-16)41-30-26(37)24(35)25(36)27(42-30)29(39)40/h1-12,21-27,30,34-37H,13-14H2,(H,39,40)/t21?,22-,23?,24-,25-,26+,27-,30+/m0/s1. The van der Waals surface area contributed by atoms with E-state index in [1.54, 1.807) is 12.1 Å². The van der Waals surface area contributed by atoms with Gasteiger partial charge >= 0.3 is 5.97 Å². The first-order valence-corrected chi connectivity index (χ1v) is 13.3. The lowest BCUT2D eigenvalue weighted by Gasteiger charge is -2.48. The Labute approximate surface area is 239 Å². The van der Waals surface area contributed by atoms with E-state index in [1.807, 2.05) is 0 Å². The maximum absolute atomic E-state index is 13.6. The molecule has 0 bridgehead atoms. The number of aliphatic hydroxyl groups is 4. The summed E-state index contributed by atoms with van der Waals surface area (Å²) in [5, 5.41) is 50.0. The monoisotopic (exact) mass is 585 g/mol. The van der Waals surface area contributed by atoms with Gasteiger partial charge in [-0.05, 0) is 72.5 Å². The number of rotatable bonds is 9. The molecule has 222 valence electrons. The lowest BCUT2D eigenvalue weighted by molar-refractivity contribution is -0.271. The molecule has 12 heteroatoms. The number of hydrogen-bond donors (Lipinski definition) is 5. The largest absolute Gasteiger partial charge is 0.479 e. The highest BCUT2D eigenvalue weighted by Gasteiger charge is 2.49. The summed E-state index contributed by atoms with van der Waals surface area (Å²) in [6.07, 6.45) is -9.19. The summed E-state index contributed by atoms with van der Waals surface area (Å²) in [6, 6.07) is 16.8. The minimum absolute atomic E-state index is 0.151. The summed E-state index contributed by atoms with van der Waals surface area (Å²) in [7, 11) is 0. The molecule has 5 rings (SSSR count). The molecule has 0 spiro atoms. The number of β-lactam (4-membered cyclic amide) rings is 1. The molecule has 2 heterocycles. The molecule has 3 aromatic carbocycles. The Morgan fingerprint density at radius 2 is 1.48 bits per heavy atom. The fourth-order valence-electron chi connectivity index (χ4n) is 5.32. The van der Waals surface area contributed by atoms with Crippen molar-refractivity contribution >= 4 is 17.6 Å². The highest BCUT2D eigenvalue weighted by atomic mass is 19.1. The van der Waals surface area contributed by atoms with Gasteiger partial charge in [-0.2, -0.15) is 0 Å². The van der Waals surface area contributed by atoms with Crippen LogP contribution in [0.2, 0.25) is 0 Å². The number of aliphatic hydroxyl groups excluding tert-OH is 4. The fourth-order valence-corrected chi connectivity index (χ4v) is 5.32. The topological polar surface area (TPSA) is 157 Å². The number of carboxylic acid groups (broad SMARTS) is 1. The normalized spacial score (nSPS) is 28.2. The molecule has 42 heavy (non-hydrogen) atoms. The molecule has 10 nitrogen and oxygen atoms in total. The van der Waals surface area contributed by atoms with Crippen LogP contribution in [0, 0.1) is 17.6 Å². The SMILES string of the molecule is O=C(O)[C@H]1O[C@@H](Oc2ccc(C3C(CC[C@H](O)c4ccc(F)cc4)C(=O)N3c3ccc(F)cc3)cc2)[C@H](O)[C@@H](O)[C@@H]1O. The van der Waals surface area contributed by atoms with Gasteiger partial charge in [-0.15, -0.1) is 0 Å². The average Bonchev–Trinajstić information content (AvgIpc) is 2.97. The van der Waals surface area contributed by atoms with Gasteiger partial charge in [0.05, 0.1) is 18.1 Å². The van der Waals surface area contributed by atoms with E-state index in [4.69, 9.17) is 9.47 Å². The van der Waals surface area contributed by atoms with Crippen LogP contribution in [-0.2, 0) is 14.3 Å². The van der Waals surface area contributed by atoms with E-state index in [2.05, 4.69) is 0 Å². The molecule has 2 fully saturated rings. The van der Waals surface area contributed by atoms with Gasteiger partial charge in [0.25, 0.3) is 0 Å². The number of nitrogens with zero attached hydrogens (tertiary/aromatic N) is 1. The Bertz CT molecular complexity index is 1400. The van der Waals surface area contributed by atoms with Crippen LogP contribution in [0.4, 0.5) is 14.5 Å². The van der Waals surface area contributed by atoms with Crippen molar-refractivity contribution < 1.29 is 53.4 Å². The van der Waals surface area contributed by atoms with Gasteiger partial charge in [-0.25, -0.2) is 13.6 Å². The Balaban J connectivity index is 1.34. The number of hydrogen-bond acceptors (Lipinski definition) is 8. The van der Waals surface area contributed by atoms with Crippen LogP contribution in [0.1, 0.15) is 36.1 Å². The number of carbonyl (C=O) groups excluding carboxylic acids is 1. The maximum Gasteiger partial charge on any atom is 0.335 e. The smallest absolute Gasteiger partial charge is 0.335 e. The summed E-state index contributed by atoms with van der Waals surface area (Å²) >= 11 is 0. The predicted molar refractivity (Wildman–Crippen MR) is 142 cm³/mol. The zero-order chi connectivity index (χ0) is 30.1. The first-order chi connectivity index (χ1) is 20.0. The van der Waals surface area contributed by atoms with E-state index in [0.717, 1.165) is 0 Å². The van der Waals surface area contributed by atoms with Gasteiger partial charge in [0, 0.05) is 5.69 Å². The zero-order valence-electron chi connectivity index (χ0n) is 22.0. The predicted octanol–water partition coefficient (Wildman–Crippen LogP) is 2.45. The number of benzene rings is 3. The molecule has 0 saturated carbocycles. The molecule has 0 radical (unpaired) electrons. The van der Waals surface area contributed by atoms with Crippen LogP contribution < -0.4 is 9.64 Å². The van der Waals surface area contributed by atoms with E-state index in [-0.39, 0.29) is 18.1 Å². The van der Waals surface area contributed by atoms with Crippen LogP contribution in [0.15, 0.2) is 72.8 Å². The van der Waals surface area contributed by atoms with Gasteiger partial charge in [-0.1, -0.05) is 24.3 Å². The molecule has 2 saturated heterocycles. The second-order valence-corrected chi connectivity index (χ2v) is 10.3. The fraction of sp³-hybridized carbons (Fsp3) is 0.333. The summed E-state index contributed by atoms with van der Waals surface area (Å²) in [6.45, 7) is 0. The highest BCUT2D eigenvalue weighted by molar-refractivity contribution is 6.03. The Morgan fingerprint density at radius 1 is 0.881 bits per heavy atom. The summed E-state index contributed by atoms with van der Waals surface area (Å²) in [5.41, 5.74) is 1.68. The van der Waals surface area contributed by atoms with Crippen molar-refractivity contribution in [3.05, 3.63) is 95.6 Å². The van der Waals surface area contributed by atoms with E-state index in [0.29, 0.717) is 23.2 Å². The molecule has 0 aliphatic carbocycles. The van der Waals surface area contributed by atoms with Crippen molar-refractivity contribution in [2.45, 2.75) is 55.7 Å². The second-order valence-electron chi connectivity index (χ2n) is 10.3. The van der Waals surface area contributed by atoms with Crippen LogP contribution in [0.25, 0.3) is 0 Å².